The van der Waals surface area contributed by atoms with Gasteiger partial charge in [0, 0.05) is 31.0 Å². The van der Waals surface area contributed by atoms with Crippen molar-refractivity contribution in [2.24, 2.45) is 11.8 Å². The van der Waals surface area contributed by atoms with Gasteiger partial charge in [0.1, 0.15) is 11.9 Å². The summed E-state index contributed by atoms with van der Waals surface area (Å²) in [5.41, 5.74) is 1.15. The molecule has 1 aliphatic carbocycles. The maximum absolute atomic E-state index is 13.4. The molecular formula is C24H30N6O4S. The van der Waals surface area contributed by atoms with Gasteiger partial charge in [0.25, 0.3) is 5.91 Å². The Balaban J connectivity index is 1.35. The summed E-state index contributed by atoms with van der Waals surface area (Å²) in [6.45, 7) is 5.05. The Labute approximate surface area is 207 Å². The number of hydrogen-bond acceptors (Lipinski definition) is 8. The highest BCUT2D eigenvalue weighted by Crippen LogP contribution is 2.44. The zero-order valence-corrected chi connectivity index (χ0v) is 20.7. The third-order valence-electron chi connectivity index (χ3n) is 7.67. The Hall–Kier alpha value is -2.92. The van der Waals surface area contributed by atoms with Crippen LogP contribution in [-0.4, -0.2) is 51.5 Å². The molecule has 0 aromatic carbocycles. The summed E-state index contributed by atoms with van der Waals surface area (Å²) in [5.74, 6) is 0.196. The van der Waals surface area contributed by atoms with Crippen molar-refractivity contribution in [2.75, 3.05) is 23.8 Å². The lowest BCUT2D eigenvalue weighted by Gasteiger charge is -2.32. The predicted octanol–water partition coefficient (Wildman–Crippen LogP) is 2.81. The summed E-state index contributed by atoms with van der Waals surface area (Å²) in [6.07, 6.45) is 6.62. The number of carbonyl (C=O) groups excluding carboxylic acids is 3. The lowest BCUT2D eigenvalue weighted by molar-refractivity contribution is -0.124. The molecule has 3 N–H and O–H groups in total. The van der Waals surface area contributed by atoms with E-state index in [1.807, 2.05) is 0 Å². The van der Waals surface area contributed by atoms with Gasteiger partial charge in [-0.3, -0.25) is 14.4 Å². The Morgan fingerprint density at radius 3 is 2.66 bits per heavy atom. The van der Waals surface area contributed by atoms with Crippen LogP contribution in [0.3, 0.4) is 0 Å². The van der Waals surface area contributed by atoms with Gasteiger partial charge in [-0.15, -0.1) is 5.10 Å². The summed E-state index contributed by atoms with van der Waals surface area (Å²) < 4.78 is 9.29. The minimum atomic E-state index is -0.720. The van der Waals surface area contributed by atoms with Crippen molar-refractivity contribution in [1.82, 2.24) is 19.9 Å². The zero-order valence-electron chi connectivity index (χ0n) is 19.9. The SMILES string of the molecule is Cc1snnc1C(=O)N[C@H](C(=O)Nc1cc2c(cn1)C1(CCOCC1)C(=O)N2)[C@H]1CC[C@H](C)CC1. The second-order valence-corrected chi connectivity index (χ2v) is 10.9. The summed E-state index contributed by atoms with van der Waals surface area (Å²) in [4.78, 5) is 44.3. The number of aromatic nitrogens is 3. The van der Waals surface area contributed by atoms with E-state index in [-0.39, 0.29) is 23.4 Å². The molecule has 35 heavy (non-hydrogen) atoms. The van der Waals surface area contributed by atoms with Crippen LogP contribution >= 0.6 is 11.5 Å². The number of hydrogen-bond donors (Lipinski definition) is 3. The number of ether oxygens (including phenoxy) is 1. The van der Waals surface area contributed by atoms with E-state index in [0.29, 0.717) is 48.4 Å². The number of anilines is 2. The van der Waals surface area contributed by atoms with E-state index in [9.17, 15) is 14.4 Å². The summed E-state index contributed by atoms with van der Waals surface area (Å²) in [7, 11) is 0. The number of nitrogens with one attached hydrogen (secondary N) is 3. The summed E-state index contributed by atoms with van der Waals surface area (Å²) in [5, 5.41) is 12.7. The molecule has 2 aliphatic heterocycles. The van der Waals surface area contributed by atoms with Crippen LogP contribution < -0.4 is 16.0 Å². The third-order valence-corrected chi connectivity index (χ3v) is 8.30. The number of nitrogens with zero attached hydrogens (tertiary/aromatic N) is 3. The Morgan fingerprint density at radius 1 is 1.23 bits per heavy atom. The molecule has 1 atom stereocenters. The van der Waals surface area contributed by atoms with Gasteiger partial charge in [0.05, 0.1) is 16.0 Å². The highest BCUT2D eigenvalue weighted by Gasteiger charge is 2.48. The first-order valence-electron chi connectivity index (χ1n) is 12.2. The van der Waals surface area contributed by atoms with E-state index in [4.69, 9.17) is 4.74 Å². The maximum atomic E-state index is 13.4. The van der Waals surface area contributed by atoms with Crippen LogP contribution in [0.2, 0.25) is 0 Å². The molecule has 11 heteroatoms. The lowest BCUT2D eigenvalue weighted by atomic mass is 9.76. The molecule has 0 radical (unpaired) electrons. The van der Waals surface area contributed by atoms with Gasteiger partial charge < -0.3 is 20.7 Å². The second-order valence-electron chi connectivity index (χ2n) is 9.90. The van der Waals surface area contributed by atoms with Crippen LogP contribution in [-0.2, 0) is 19.7 Å². The molecule has 10 nitrogen and oxygen atoms in total. The summed E-state index contributed by atoms with van der Waals surface area (Å²) >= 11 is 1.15. The van der Waals surface area contributed by atoms with E-state index < -0.39 is 17.4 Å². The van der Waals surface area contributed by atoms with Crippen LogP contribution in [0.1, 0.15) is 66.4 Å². The van der Waals surface area contributed by atoms with Crippen molar-refractivity contribution in [3.63, 3.8) is 0 Å². The van der Waals surface area contributed by atoms with Crippen molar-refractivity contribution < 1.29 is 19.1 Å². The van der Waals surface area contributed by atoms with Crippen LogP contribution in [0.15, 0.2) is 12.3 Å². The van der Waals surface area contributed by atoms with Crippen LogP contribution in [0.5, 0.6) is 0 Å². The number of aryl methyl sites for hydroxylation is 1. The van der Waals surface area contributed by atoms with E-state index in [1.165, 1.54) is 0 Å². The van der Waals surface area contributed by atoms with Gasteiger partial charge in [-0.1, -0.05) is 24.3 Å². The molecule has 1 spiro atoms. The molecule has 2 fully saturated rings. The highest BCUT2D eigenvalue weighted by atomic mass is 32.1. The van der Waals surface area contributed by atoms with Gasteiger partial charge in [-0.25, -0.2) is 4.98 Å². The van der Waals surface area contributed by atoms with Crippen molar-refractivity contribution >= 4 is 40.8 Å². The minimum Gasteiger partial charge on any atom is -0.381 e. The number of carbonyl (C=O) groups is 3. The largest absolute Gasteiger partial charge is 0.381 e. The van der Waals surface area contributed by atoms with E-state index in [2.05, 4.69) is 37.4 Å². The topological polar surface area (TPSA) is 135 Å². The lowest BCUT2D eigenvalue weighted by Crippen LogP contribution is -2.49. The fourth-order valence-electron chi connectivity index (χ4n) is 5.46. The molecule has 5 rings (SSSR count). The van der Waals surface area contributed by atoms with E-state index >= 15 is 0 Å². The first-order chi connectivity index (χ1) is 16.9. The summed E-state index contributed by atoms with van der Waals surface area (Å²) in [6, 6.07) is 0.980. The zero-order chi connectivity index (χ0) is 24.6. The molecule has 0 bridgehead atoms. The minimum absolute atomic E-state index is 0.0155. The molecule has 4 heterocycles. The van der Waals surface area contributed by atoms with Gasteiger partial charge >= 0.3 is 0 Å². The molecule has 1 saturated heterocycles. The Kier molecular flexibility index (Phi) is 6.54. The average Bonchev–Trinajstić information content (AvgIpc) is 3.39. The van der Waals surface area contributed by atoms with Crippen molar-refractivity contribution in [1.29, 1.82) is 0 Å². The van der Waals surface area contributed by atoms with E-state index in [1.54, 1.807) is 19.2 Å². The molecule has 0 unspecified atom stereocenters. The fraction of sp³-hybridized carbons (Fsp3) is 0.583. The normalized spacial score (nSPS) is 23.9. The van der Waals surface area contributed by atoms with Gasteiger partial charge in [-0.05, 0) is 56.0 Å². The van der Waals surface area contributed by atoms with Crippen LogP contribution in [0.25, 0.3) is 0 Å². The fourth-order valence-corrected chi connectivity index (χ4v) is 5.93. The Bertz CT molecular complexity index is 1140. The number of rotatable bonds is 5. The highest BCUT2D eigenvalue weighted by molar-refractivity contribution is 7.05. The quantitative estimate of drug-likeness (QED) is 0.577. The van der Waals surface area contributed by atoms with E-state index in [0.717, 1.165) is 42.8 Å². The predicted molar refractivity (Wildman–Crippen MR) is 130 cm³/mol. The van der Waals surface area contributed by atoms with Crippen molar-refractivity contribution in [2.45, 2.75) is 63.8 Å². The molecule has 3 aliphatic rings. The first kappa shape index (κ1) is 23.8. The second kappa shape index (κ2) is 9.62. The van der Waals surface area contributed by atoms with Crippen LogP contribution in [0.4, 0.5) is 11.5 Å². The molecular weight excluding hydrogens is 468 g/mol. The molecule has 1 saturated carbocycles. The molecule has 3 amide bonds. The van der Waals surface area contributed by atoms with Crippen molar-refractivity contribution in [3.8, 4) is 0 Å². The van der Waals surface area contributed by atoms with Gasteiger partial charge in [0.2, 0.25) is 11.8 Å². The monoisotopic (exact) mass is 498 g/mol. The van der Waals surface area contributed by atoms with Gasteiger partial charge in [-0.2, -0.15) is 0 Å². The number of fused-ring (bicyclic) bond motifs is 2. The Morgan fingerprint density at radius 2 is 1.97 bits per heavy atom. The molecule has 2 aromatic heterocycles. The van der Waals surface area contributed by atoms with Crippen molar-refractivity contribution in [3.05, 3.63) is 28.4 Å². The number of pyridine rings is 1. The molecule has 186 valence electrons. The standard InChI is InChI=1S/C24H30N6O4S/c1-13-3-5-15(6-4-13)20(28-21(31)19-14(2)35-30-29-19)22(32)27-18-11-17-16(12-25-18)24(23(33)26-17)7-9-34-10-8-24/h11-13,15,20H,3-10H2,1-2H3,(H,26,33)(H,28,31)(H,25,27,32)/t13-,15-,20-/m0/s1. The maximum Gasteiger partial charge on any atom is 0.273 e. The first-order valence-corrected chi connectivity index (χ1v) is 12.9. The van der Waals surface area contributed by atoms with Gasteiger partial charge in [0.15, 0.2) is 5.69 Å². The number of amides is 3. The average molecular weight is 499 g/mol. The smallest absolute Gasteiger partial charge is 0.273 e. The van der Waals surface area contributed by atoms with Crippen LogP contribution in [0, 0.1) is 18.8 Å². The molecule has 2 aromatic rings. The third kappa shape index (κ3) is 4.54.